The number of anilines is 1. The second-order valence-corrected chi connectivity index (χ2v) is 3.25. The first-order chi connectivity index (χ1) is 7.97. The van der Waals surface area contributed by atoms with E-state index in [4.69, 9.17) is 4.74 Å². The Kier molecular flexibility index (Phi) is 4.62. The fraction of sp³-hybridized carbons (Fsp3) is 0.455. The molecule has 6 heteroatoms. The number of rotatable bonds is 5. The van der Waals surface area contributed by atoms with Crippen LogP contribution in [0.1, 0.15) is 6.92 Å². The van der Waals surface area contributed by atoms with Crippen LogP contribution in [0.5, 0.6) is 5.75 Å². The van der Waals surface area contributed by atoms with Gasteiger partial charge in [0.2, 0.25) is 6.23 Å². The minimum atomic E-state index is -4.45. The molecule has 1 aromatic carbocycles. The van der Waals surface area contributed by atoms with Crippen LogP contribution in [-0.4, -0.2) is 26.1 Å². The van der Waals surface area contributed by atoms with Gasteiger partial charge in [-0.3, -0.25) is 0 Å². The Balaban J connectivity index is 2.72. The Labute approximate surface area is 97.5 Å². The molecule has 0 spiro atoms. The molecule has 0 saturated carbocycles. The standard InChI is InChI=1S/C11H14F3NO2/c1-3-17-10(11(12,13)14)15-8-4-6-9(16-2)7-5-8/h4-7,10,15H,3H2,1-2H3/t10-/m1/s1. The highest BCUT2D eigenvalue weighted by atomic mass is 19.4. The van der Waals surface area contributed by atoms with Crippen LogP contribution in [0.25, 0.3) is 0 Å². The largest absolute Gasteiger partial charge is 0.497 e. The fourth-order valence-corrected chi connectivity index (χ4v) is 1.22. The number of alkyl halides is 3. The number of halogens is 3. The van der Waals surface area contributed by atoms with Crippen LogP contribution in [0.2, 0.25) is 0 Å². The zero-order valence-corrected chi connectivity index (χ0v) is 9.54. The van der Waals surface area contributed by atoms with Gasteiger partial charge < -0.3 is 14.8 Å². The van der Waals surface area contributed by atoms with Crippen LogP contribution in [-0.2, 0) is 4.74 Å². The molecule has 1 rings (SSSR count). The lowest BCUT2D eigenvalue weighted by Crippen LogP contribution is -2.38. The van der Waals surface area contributed by atoms with Crippen molar-refractivity contribution in [1.29, 1.82) is 0 Å². The van der Waals surface area contributed by atoms with Crippen LogP contribution in [0.15, 0.2) is 24.3 Å². The molecule has 0 amide bonds. The highest BCUT2D eigenvalue weighted by molar-refractivity contribution is 5.46. The third-order valence-electron chi connectivity index (χ3n) is 2.02. The molecule has 0 radical (unpaired) electrons. The molecule has 0 aliphatic rings. The van der Waals surface area contributed by atoms with Crippen molar-refractivity contribution in [1.82, 2.24) is 0 Å². The number of hydrogen-bond donors (Lipinski definition) is 1. The Morgan fingerprint density at radius 3 is 2.24 bits per heavy atom. The molecule has 1 atom stereocenters. The van der Waals surface area contributed by atoms with Gasteiger partial charge in [0.1, 0.15) is 5.75 Å². The molecule has 3 nitrogen and oxygen atoms in total. The van der Waals surface area contributed by atoms with Crippen molar-refractivity contribution < 1.29 is 22.6 Å². The van der Waals surface area contributed by atoms with Crippen molar-refractivity contribution in [2.75, 3.05) is 19.0 Å². The van der Waals surface area contributed by atoms with Gasteiger partial charge in [0.05, 0.1) is 7.11 Å². The van der Waals surface area contributed by atoms with Gasteiger partial charge in [-0.1, -0.05) is 0 Å². The smallest absolute Gasteiger partial charge is 0.433 e. The first-order valence-corrected chi connectivity index (χ1v) is 5.06. The molecule has 0 aliphatic heterocycles. The van der Waals surface area contributed by atoms with Crippen LogP contribution >= 0.6 is 0 Å². The lowest BCUT2D eigenvalue weighted by Gasteiger charge is -2.22. The Hall–Kier alpha value is -1.43. The lowest BCUT2D eigenvalue weighted by atomic mass is 10.3. The van der Waals surface area contributed by atoms with E-state index in [1.807, 2.05) is 0 Å². The summed E-state index contributed by atoms with van der Waals surface area (Å²) < 4.78 is 47.1. The summed E-state index contributed by atoms with van der Waals surface area (Å²) in [5.41, 5.74) is 0.321. The molecule has 0 unspecified atom stereocenters. The maximum absolute atomic E-state index is 12.5. The quantitative estimate of drug-likeness (QED) is 0.813. The summed E-state index contributed by atoms with van der Waals surface area (Å²) in [6, 6.07) is 6.14. The Morgan fingerprint density at radius 1 is 1.24 bits per heavy atom. The van der Waals surface area contributed by atoms with Crippen molar-refractivity contribution in [3.05, 3.63) is 24.3 Å². The van der Waals surface area contributed by atoms with E-state index in [-0.39, 0.29) is 6.61 Å². The van der Waals surface area contributed by atoms with Crippen molar-refractivity contribution in [3.8, 4) is 5.75 Å². The summed E-state index contributed by atoms with van der Waals surface area (Å²) >= 11 is 0. The van der Waals surface area contributed by atoms with E-state index in [1.54, 1.807) is 12.1 Å². The van der Waals surface area contributed by atoms with E-state index in [1.165, 1.54) is 26.2 Å². The van der Waals surface area contributed by atoms with Gasteiger partial charge in [-0.05, 0) is 31.2 Å². The van der Waals surface area contributed by atoms with Gasteiger partial charge in [-0.2, -0.15) is 13.2 Å². The maximum atomic E-state index is 12.5. The summed E-state index contributed by atoms with van der Waals surface area (Å²) in [6.07, 6.45) is -6.45. The topological polar surface area (TPSA) is 30.5 Å². The average Bonchev–Trinajstić information content (AvgIpc) is 2.28. The highest BCUT2D eigenvalue weighted by Crippen LogP contribution is 2.25. The van der Waals surface area contributed by atoms with Gasteiger partial charge in [0.15, 0.2) is 0 Å². The summed E-state index contributed by atoms with van der Waals surface area (Å²) in [7, 11) is 1.49. The van der Waals surface area contributed by atoms with E-state index in [0.717, 1.165) is 0 Å². The van der Waals surface area contributed by atoms with Crippen LogP contribution < -0.4 is 10.1 Å². The van der Waals surface area contributed by atoms with Crippen molar-refractivity contribution >= 4 is 5.69 Å². The van der Waals surface area contributed by atoms with E-state index in [2.05, 4.69) is 10.1 Å². The van der Waals surface area contributed by atoms with E-state index < -0.39 is 12.4 Å². The van der Waals surface area contributed by atoms with E-state index in [9.17, 15) is 13.2 Å². The SMILES string of the molecule is CCO[C@@H](Nc1ccc(OC)cc1)C(F)(F)F. The predicted octanol–water partition coefficient (Wildman–Crippen LogP) is 3.03. The molecule has 1 N–H and O–H groups in total. The first kappa shape index (κ1) is 13.6. The third-order valence-corrected chi connectivity index (χ3v) is 2.02. The summed E-state index contributed by atoms with van der Waals surface area (Å²) in [6.45, 7) is 1.49. The molecule has 0 aromatic heterocycles. The maximum Gasteiger partial charge on any atom is 0.433 e. The molecule has 96 valence electrons. The lowest BCUT2D eigenvalue weighted by molar-refractivity contribution is -0.209. The molecule has 0 saturated heterocycles. The second-order valence-electron chi connectivity index (χ2n) is 3.25. The molecular formula is C11H14F3NO2. The van der Waals surface area contributed by atoms with Crippen LogP contribution in [0, 0.1) is 0 Å². The van der Waals surface area contributed by atoms with Crippen LogP contribution in [0.4, 0.5) is 18.9 Å². The molecule has 0 heterocycles. The van der Waals surface area contributed by atoms with Gasteiger partial charge in [-0.15, -0.1) is 0 Å². The number of hydrogen-bond acceptors (Lipinski definition) is 3. The average molecular weight is 249 g/mol. The van der Waals surface area contributed by atoms with Gasteiger partial charge in [0, 0.05) is 12.3 Å². The van der Waals surface area contributed by atoms with E-state index >= 15 is 0 Å². The molecule has 0 aliphatic carbocycles. The van der Waals surface area contributed by atoms with Crippen molar-refractivity contribution in [2.45, 2.75) is 19.3 Å². The number of nitrogens with one attached hydrogen (secondary N) is 1. The van der Waals surface area contributed by atoms with Crippen molar-refractivity contribution in [3.63, 3.8) is 0 Å². The van der Waals surface area contributed by atoms with Crippen molar-refractivity contribution in [2.24, 2.45) is 0 Å². The normalized spacial score (nSPS) is 13.2. The highest BCUT2D eigenvalue weighted by Gasteiger charge is 2.40. The molecule has 0 bridgehead atoms. The van der Waals surface area contributed by atoms with Crippen LogP contribution in [0.3, 0.4) is 0 Å². The minimum Gasteiger partial charge on any atom is -0.497 e. The van der Waals surface area contributed by atoms with Gasteiger partial charge in [-0.25, -0.2) is 0 Å². The summed E-state index contributed by atoms with van der Waals surface area (Å²) in [5, 5.41) is 2.27. The predicted molar refractivity (Wildman–Crippen MR) is 58.1 cm³/mol. The van der Waals surface area contributed by atoms with Gasteiger partial charge in [0.25, 0.3) is 0 Å². The zero-order chi connectivity index (χ0) is 12.9. The number of methoxy groups -OCH3 is 1. The minimum absolute atomic E-state index is 0.0205. The Morgan fingerprint density at radius 2 is 1.82 bits per heavy atom. The first-order valence-electron chi connectivity index (χ1n) is 5.06. The Bertz CT molecular complexity index is 338. The summed E-state index contributed by atoms with van der Waals surface area (Å²) in [5.74, 6) is 0.579. The zero-order valence-electron chi connectivity index (χ0n) is 9.54. The molecular weight excluding hydrogens is 235 g/mol. The van der Waals surface area contributed by atoms with Gasteiger partial charge >= 0.3 is 6.18 Å². The molecule has 1 aromatic rings. The number of ether oxygens (including phenoxy) is 2. The fourth-order valence-electron chi connectivity index (χ4n) is 1.22. The van der Waals surface area contributed by atoms with E-state index in [0.29, 0.717) is 11.4 Å². The second kappa shape index (κ2) is 5.77. The summed E-state index contributed by atoms with van der Waals surface area (Å²) in [4.78, 5) is 0. The third kappa shape index (κ3) is 4.14. The molecule has 0 fully saturated rings. The molecule has 17 heavy (non-hydrogen) atoms. The monoisotopic (exact) mass is 249 g/mol. The number of benzene rings is 1.